The maximum absolute atomic E-state index is 12.2. The summed E-state index contributed by atoms with van der Waals surface area (Å²) in [5.74, 6) is 0.00616. The number of hydrogen-bond donors (Lipinski definition) is 1. The van der Waals surface area contributed by atoms with Crippen LogP contribution < -0.4 is 4.90 Å². The van der Waals surface area contributed by atoms with Crippen molar-refractivity contribution in [3.05, 3.63) is 60.3 Å². The number of ether oxygens (including phenoxy) is 1. The Morgan fingerprint density at radius 2 is 1.82 bits per heavy atom. The highest BCUT2D eigenvalue weighted by Crippen LogP contribution is 2.39. The van der Waals surface area contributed by atoms with Crippen molar-refractivity contribution in [2.24, 2.45) is 5.92 Å². The molecule has 146 valence electrons. The number of nitrogens with zero attached hydrogens (tertiary/aromatic N) is 1. The van der Waals surface area contributed by atoms with Gasteiger partial charge >= 0.3 is 5.97 Å². The lowest BCUT2D eigenvalue weighted by molar-refractivity contribution is -0.149. The molecule has 0 radical (unpaired) electrons. The van der Waals surface area contributed by atoms with E-state index in [1.165, 1.54) is 22.3 Å². The number of H-pyrrole nitrogens is 1. The molecular formula is C24H28N2O2. The summed E-state index contributed by atoms with van der Waals surface area (Å²) in [5.41, 5.74) is 4.82. The van der Waals surface area contributed by atoms with Gasteiger partial charge in [-0.1, -0.05) is 29.8 Å². The predicted octanol–water partition coefficient (Wildman–Crippen LogP) is 5.74. The van der Waals surface area contributed by atoms with Crippen molar-refractivity contribution in [3.63, 3.8) is 0 Å². The summed E-state index contributed by atoms with van der Waals surface area (Å²) in [6.45, 7) is 4.45. The summed E-state index contributed by atoms with van der Waals surface area (Å²) in [5, 5.41) is 1.22. The lowest BCUT2D eigenvalue weighted by Crippen LogP contribution is -2.36. The van der Waals surface area contributed by atoms with Gasteiger partial charge in [0.15, 0.2) is 0 Å². The first-order valence-electron chi connectivity index (χ1n) is 10.3. The Morgan fingerprint density at radius 1 is 1.07 bits per heavy atom. The third-order valence-electron chi connectivity index (χ3n) is 5.82. The number of aryl methyl sites for hydroxylation is 1. The van der Waals surface area contributed by atoms with Crippen LogP contribution in [0.3, 0.4) is 0 Å². The van der Waals surface area contributed by atoms with E-state index in [2.05, 4.69) is 65.3 Å². The molecule has 0 atom stereocenters. The number of benzene rings is 2. The topological polar surface area (TPSA) is 45.3 Å². The van der Waals surface area contributed by atoms with E-state index in [4.69, 9.17) is 4.74 Å². The maximum Gasteiger partial charge on any atom is 0.308 e. The summed E-state index contributed by atoms with van der Waals surface area (Å²) in [6, 6.07) is 17.7. The number of carbonyl (C=O) groups excluding carboxylic acids is 1. The number of esters is 1. The lowest BCUT2D eigenvalue weighted by atomic mass is 9.85. The number of carbonyl (C=O) groups is 1. The van der Waals surface area contributed by atoms with Gasteiger partial charge < -0.3 is 14.6 Å². The highest BCUT2D eigenvalue weighted by Gasteiger charge is 2.31. The molecule has 28 heavy (non-hydrogen) atoms. The van der Waals surface area contributed by atoms with Crippen molar-refractivity contribution in [1.82, 2.24) is 4.98 Å². The van der Waals surface area contributed by atoms with Crippen molar-refractivity contribution in [2.75, 3.05) is 11.5 Å². The Labute approximate surface area is 166 Å². The van der Waals surface area contributed by atoms with Crippen LogP contribution in [0.5, 0.6) is 0 Å². The Kier molecular flexibility index (Phi) is 5.38. The number of aromatic nitrogens is 1. The van der Waals surface area contributed by atoms with Crippen LogP contribution in [0.25, 0.3) is 10.9 Å². The van der Waals surface area contributed by atoms with Crippen molar-refractivity contribution in [1.29, 1.82) is 0 Å². The average Bonchev–Trinajstić information content (AvgIpc) is 3.20. The first-order chi connectivity index (χ1) is 13.7. The number of hydrogen-bond acceptors (Lipinski definition) is 3. The molecule has 1 fully saturated rings. The highest BCUT2D eigenvalue weighted by atomic mass is 16.5. The Bertz CT molecular complexity index is 937. The largest absolute Gasteiger partial charge is 0.466 e. The van der Waals surface area contributed by atoms with Gasteiger partial charge in [0.25, 0.3) is 0 Å². The van der Waals surface area contributed by atoms with E-state index in [1.807, 2.05) is 13.1 Å². The van der Waals surface area contributed by atoms with Gasteiger partial charge in [-0.05, 0) is 63.8 Å². The monoisotopic (exact) mass is 376 g/mol. The standard InChI is InChI=1S/C24H28N2O2/c1-3-28-24(27)19-9-13-21(14-10-19)26(20-11-7-17(2)8-12-20)22-6-4-5-18-15-16-25-23(18)22/h4-8,11-12,15-16,19,21,25H,3,9-10,13-14H2,1-2H3. The van der Waals surface area contributed by atoms with E-state index in [-0.39, 0.29) is 11.9 Å². The molecule has 1 N–H and O–H groups in total. The van der Waals surface area contributed by atoms with Crippen molar-refractivity contribution < 1.29 is 9.53 Å². The summed E-state index contributed by atoms with van der Waals surface area (Å²) in [6.07, 6.45) is 5.72. The fourth-order valence-corrected chi connectivity index (χ4v) is 4.35. The smallest absolute Gasteiger partial charge is 0.308 e. The van der Waals surface area contributed by atoms with Gasteiger partial charge in [-0.3, -0.25) is 4.79 Å². The molecule has 1 heterocycles. The van der Waals surface area contributed by atoms with Crippen molar-refractivity contribution >= 4 is 28.2 Å². The summed E-state index contributed by atoms with van der Waals surface area (Å²) in [7, 11) is 0. The first-order valence-corrected chi connectivity index (χ1v) is 10.3. The number of fused-ring (bicyclic) bond motifs is 1. The minimum atomic E-state index is -0.0331. The van der Waals surface area contributed by atoms with Gasteiger partial charge in [0.1, 0.15) is 0 Å². The molecule has 1 aromatic heterocycles. The van der Waals surface area contributed by atoms with Gasteiger partial charge in [-0.2, -0.15) is 0 Å². The Morgan fingerprint density at radius 3 is 2.54 bits per heavy atom. The number of rotatable bonds is 5. The Hall–Kier alpha value is -2.75. The van der Waals surface area contributed by atoms with Gasteiger partial charge in [0.2, 0.25) is 0 Å². The van der Waals surface area contributed by atoms with E-state index in [0.29, 0.717) is 12.6 Å². The van der Waals surface area contributed by atoms with E-state index >= 15 is 0 Å². The van der Waals surface area contributed by atoms with Gasteiger partial charge in [0, 0.05) is 23.3 Å². The summed E-state index contributed by atoms with van der Waals surface area (Å²) < 4.78 is 5.25. The van der Waals surface area contributed by atoms with E-state index in [0.717, 1.165) is 31.2 Å². The quantitative estimate of drug-likeness (QED) is 0.578. The van der Waals surface area contributed by atoms with Crippen LogP contribution in [-0.2, 0) is 9.53 Å². The zero-order valence-corrected chi connectivity index (χ0v) is 16.7. The summed E-state index contributed by atoms with van der Waals surface area (Å²) in [4.78, 5) is 18.0. The minimum Gasteiger partial charge on any atom is -0.466 e. The molecule has 1 aliphatic rings. The molecule has 0 amide bonds. The second-order valence-corrected chi connectivity index (χ2v) is 7.68. The first kappa shape index (κ1) is 18.6. The molecule has 1 saturated carbocycles. The van der Waals surface area contributed by atoms with Gasteiger partial charge in [-0.25, -0.2) is 0 Å². The van der Waals surface area contributed by atoms with Crippen LogP contribution in [0.15, 0.2) is 54.7 Å². The maximum atomic E-state index is 12.2. The number of anilines is 2. The van der Waals surface area contributed by atoms with Gasteiger partial charge in [0.05, 0.1) is 23.7 Å². The van der Waals surface area contributed by atoms with Crippen LogP contribution in [0.4, 0.5) is 11.4 Å². The zero-order chi connectivity index (χ0) is 19.5. The molecule has 0 bridgehead atoms. The zero-order valence-electron chi connectivity index (χ0n) is 16.7. The van der Waals surface area contributed by atoms with Gasteiger partial charge in [-0.15, -0.1) is 0 Å². The van der Waals surface area contributed by atoms with E-state index in [1.54, 1.807) is 0 Å². The Balaban J connectivity index is 1.66. The fourth-order valence-electron chi connectivity index (χ4n) is 4.35. The molecule has 0 aliphatic heterocycles. The number of nitrogens with one attached hydrogen (secondary N) is 1. The lowest BCUT2D eigenvalue weighted by Gasteiger charge is -2.38. The normalized spacial score (nSPS) is 19.5. The van der Waals surface area contributed by atoms with Crippen LogP contribution in [0.2, 0.25) is 0 Å². The average molecular weight is 377 g/mol. The molecule has 1 aliphatic carbocycles. The van der Waals surface area contributed by atoms with Crippen molar-refractivity contribution in [2.45, 2.75) is 45.6 Å². The van der Waals surface area contributed by atoms with Crippen molar-refractivity contribution in [3.8, 4) is 0 Å². The van der Waals surface area contributed by atoms with Crippen LogP contribution in [-0.4, -0.2) is 23.6 Å². The van der Waals surface area contributed by atoms with Crippen LogP contribution in [0.1, 0.15) is 38.2 Å². The molecule has 0 unspecified atom stereocenters. The number of para-hydroxylation sites is 1. The second kappa shape index (κ2) is 8.09. The molecule has 4 nitrogen and oxygen atoms in total. The molecule has 0 spiro atoms. The molecule has 0 saturated heterocycles. The molecule has 4 heteroatoms. The third-order valence-corrected chi connectivity index (χ3v) is 5.82. The fraction of sp³-hybridized carbons (Fsp3) is 0.375. The predicted molar refractivity (Wildman–Crippen MR) is 114 cm³/mol. The summed E-state index contributed by atoms with van der Waals surface area (Å²) >= 11 is 0. The van der Waals surface area contributed by atoms with E-state index < -0.39 is 0 Å². The second-order valence-electron chi connectivity index (χ2n) is 7.68. The highest BCUT2D eigenvalue weighted by molar-refractivity contribution is 5.93. The SMILES string of the molecule is CCOC(=O)C1CCC(N(c2ccc(C)cc2)c2cccc3cc[nH]c23)CC1. The van der Waals surface area contributed by atoms with Crippen LogP contribution in [0, 0.1) is 12.8 Å². The number of aromatic amines is 1. The molecule has 4 rings (SSSR count). The molecule has 2 aromatic carbocycles. The minimum absolute atomic E-state index is 0.0331. The molecule has 3 aromatic rings. The molecular weight excluding hydrogens is 348 g/mol. The van der Waals surface area contributed by atoms with E-state index in [9.17, 15) is 4.79 Å². The third kappa shape index (κ3) is 3.64. The van der Waals surface area contributed by atoms with Crippen LogP contribution >= 0.6 is 0 Å².